The molecular formula is C13H20N2O4S. The lowest BCUT2D eigenvalue weighted by Gasteiger charge is -2.19. The molecule has 0 heterocycles. The first kappa shape index (κ1) is 16.5. The highest BCUT2D eigenvalue weighted by Gasteiger charge is 2.27. The van der Waals surface area contributed by atoms with Crippen LogP contribution in [0.4, 0.5) is 5.69 Å². The number of hydrogen-bond acceptors (Lipinski definition) is 5. The molecule has 112 valence electrons. The maximum absolute atomic E-state index is 12.5. The molecule has 0 bridgehead atoms. The number of benzene rings is 1. The highest BCUT2D eigenvalue weighted by Crippen LogP contribution is 2.27. The maximum atomic E-state index is 12.5. The van der Waals surface area contributed by atoms with Crippen molar-refractivity contribution in [1.82, 2.24) is 4.31 Å². The Morgan fingerprint density at radius 3 is 2.50 bits per heavy atom. The summed E-state index contributed by atoms with van der Waals surface area (Å²) in [5, 5.41) is 0. The Kier molecular flexibility index (Phi) is 5.13. The number of hydrogen-bond donors (Lipinski definition) is 1. The van der Waals surface area contributed by atoms with Gasteiger partial charge in [-0.05, 0) is 38.0 Å². The van der Waals surface area contributed by atoms with Gasteiger partial charge in [-0.25, -0.2) is 8.42 Å². The summed E-state index contributed by atoms with van der Waals surface area (Å²) in [5.41, 5.74) is 7.36. The molecule has 20 heavy (non-hydrogen) atoms. The van der Waals surface area contributed by atoms with Crippen LogP contribution in [0, 0.1) is 13.8 Å². The largest absolute Gasteiger partial charge is 0.465 e. The topological polar surface area (TPSA) is 89.7 Å². The average Bonchev–Trinajstić information content (AvgIpc) is 2.34. The van der Waals surface area contributed by atoms with Gasteiger partial charge in [-0.3, -0.25) is 4.79 Å². The standard InChI is InChI=1S/C13H20N2O4S/c1-5-19-12(16)8-15(4)20(17,18)13-10(3)9(2)6-7-11(13)14/h6-7H,5,8,14H2,1-4H3. The molecule has 0 saturated carbocycles. The molecule has 0 radical (unpaired) electrons. The summed E-state index contributed by atoms with van der Waals surface area (Å²) in [5.74, 6) is -0.595. The van der Waals surface area contributed by atoms with Gasteiger partial charge < -0.3 is 10.5 Å². The Balaban J connectivity index is 3.17. The van der Waals surface area contributed by atoms with Crippen molar-refractivity contribution in [2.24, 2.45) is 0 Å². The second kappa shape index (κ2) is 6.23. The summed E-state index contributed by atoms with van der Waals surface area (Å²) < 4.78 is 30.7. The van der Waals surface area contributed by atoms with Gasteiger partial charge in [0, 0.05) is 7.05 Å². The van der Waals surface area contributed by atoms with E-state index >= 15 is 0 Å². The fourth-order valence-electron chi connectivity index (χ4n) is 1.78. The van der Waals surface area contributed by atoms with Gasteiger partial charge in [-0.2, -0.15) is 4.31 Å². The summed E-state index contributed by atoms with van der Waals surface area (Å²) in [4.78, 5) is 11.5. The molecule has 0 aliphatic heterocycles. The molecule has 0 amide bonds. The number of carbonyl (C=O) groups excluding carboxylic acids is 1. The number of aryl methyl sites for hydroxylation is 1. The lowest BCUT2D eigenvalue weighted by atomic mass is 10.1. The van der Waals surface area contributed by atoms with E-state index in [0.717, 1.165) is 9.87 Å². The van der Waals surface area contributed by atoms with Crippen molar-refractivity contribution >= 4 is 21.7 Å². The molecular weight excluding hydrogens is 280 g/mol. The number of nitrogens with two attached hydrogens (primary N) is 1. The van der Waals surface area contributed by atoms with Crippen molar-refractivity contribution in [3.63, 3.8) is 0 Å². The number of sulfonamides is 1. The molecule has 0 unspecified atom stereocenters. The molecule has 0 aliphatic carbocycles. The Bertz CT molecular complexity index is 611. The van der Waals surface area contributed by atoms with Gasteiger partial charge in [0.25, 0.3) is 0 Å². The molecule has 1 aromatic carbocycles. The van der Waals surface area contributed by atoms with Crippen molar-refractivity contribution in [1.29, 1.82) is 0 Å². The third-order valence-electron chi connectivity index (χ3n) is 3.03. The third kappa shape index (κ3) is 3.29. The Morgan fingerprint density at radius 2 is 1.95 bits per heavy atom. The molecule has 6 nitrogen and oxygen atoms in total. The van der Waals surface area contributed by atoms with Crippen LogP contribution in [-0.2, 0) is 19.6 Å². The first-order chi connectivity index (χ1) is 9.21. The minimum absolute atomic E-state index is 0.0456. The zero-order valence-corrected chi connectivity index (χ0v) is 13.0. The van der Waals surface area contributed by atoms with E-state index in [-0.39, 0.29) is 23.7 Å². The molecule has 7 heteroatoms. The van der Waals surface area contributed by atoms with Crippen LogP contribution in [0.5, 0.6) is 0 Å². The number of rotatable bonds is 5. The van der Waals surface area contributed by atoms with E-state index < -0.39 is 16.0 Å². The van der Waals surface area contributed by atoms with Crippen LogP contribution in [0.3, 0.4) is 0 Å². The molecule has 0 aromatic heterocycles. The zero-order chi connectivity index (χ0) is 15.5. The van der Waals surface area contributed by atoms with Gasteiger partial charge in [0.05, 0.1) is 12.3 Å². The average molecular weight is 300 g/mol. The molecule has 1 rings (SSSR count). The normalized spacial score (nSPS) is 11.7. The Labute approximate surface area is 119 Å². The van der Waals surface area contributed by atoms with Gasteiger partial charge in [-0.15, -0.1) is 0 Å². The number of nitrogens with zero attached hydrogens (tertiary/aromatic N) is 1. The van der Waals surface area contributed by atoms with E-state index in [1.165, 1.54) is 7.05 Å². The number of nitrogen functional groups attached to an aromatic ring is 1. The Hall–Kier alpha value is -1.60. The monoisotopic (exact) mass is 300 g/mol. The van der Waals surface area contributed by atoms with Crippen molar-refractivity contribution in [3.05, 3.63) is 23.3 Å². The molecule has 1 aromatic rings. The van der Waals surface area contributed by atoms with Gasteiger partial charge in [-0.1, -0.05) is 6.07 Å². The highest BCUT2D eigenvalue weighted by atomic mass is 32.2. The lowest BCUT2D eigenvalue weighted by Crippen LogP contribution is -2.34. The van der Waals surface area contributed by atoms with Crippen LogP contribution in [0.25, 0.3) is 0 Å². The van der Waals surface area contributed by atoms with Crippen molar-refractivity contribution in [2.75, 3.05) is 25.9 Å². The number of anilines is 1. The quantitative estimate of drug-likeness (QED) is 0.649. The third-order valence-corrected chi connectivity index (χ3v) is 5.04. The van der Waals surface area contributed by atoms with Crippen LogP contribution in [0.15, 0.2) is 17.0 Å². The molecule has 0 atom stereocenters. The predicted octanol–water partition coefficient (Wildman–Crippen LogP) is 1.07. The van der Waals surface area contributed by atoms with Gasteiger partial charge >= 0.3 is 5.97 Å². The van der Waals surface area contributed by atoms with Crippen LogP contribution in [0.1, 0.15) is 18.1 Å². The number of esters is 1. The van der Waals surface area contributed by atoms with Crippen LogP contribution in [-0.4, -0.2) is 38.9 Å². The highest BCUT2D eigenvalue weighted by molar-refractivity contribution is 7.89. The summed E-state index contributed by atoms with van der Waals surface area (Å²) in [6.45, 7) is 5.02. The van der Waals surface area contributed by atoms with E-state index in [9.17, 15) is 13.2 Å². The number of ether oxygens (including phenoxy) is 1. The lowest BCUT2D eigenvalue weighted by molar-refractivity contribution is -0.143. The predicted molar refractivity (Wildman–Crippen MR) is 76.8 cm³/mol. The van der Waals surface area contributed by atoms with E-state index in [0.29, 0.717) is 5.56 Å². The summed E-state index contributed by atoms with van der Waals surface area (Å²) in [7, 11) is -2.50. The van der Waals surface area contributed by atoms with Crippen LogP contribution >= 0.6 is 0 Å². The molecule has 0 saturated heterocycles. The van der Waals surface area contributed by atoms with Crippen LogP contribution in [0.2, 0.25) is 0 Å². The van der Waals surface area contributed by atoms with E-state index in [1.54, 1.807) is 32.9 Å². The van der Waals surface area contributed by atoms with Gasteiger partial charge in [0.15, 0.2) is 0 Å². The van der Waals surface area contributed by atoms with E-state index in [2.05, 4.69) is 0 Å². The van der Waals surface area contributed by atoms with Crippen molar-refractivity contribution in [3.8, 4) is 0 Å². The van der Waals surface area contributed by atoms with Gasteiger partial charge in [0.1, 0.15) is 11.4 Å². The summed E-state index contributed by atoms with van der Waals surface area (Å²) >= 11 is 0. The first-order valence-corrected chi connectivity index (χ1v) is 7.63. The van der Waals surface area contributed by atoms with Crippen LogP contribution < -0.4 is 5.73 Å². The summed E-state index contributed by atoms with van der Waals surface area (Å²) in [6.07, 6.45) is 0. The fraction of sp³-hybridized carbons (Fsp3) is 0.462. The Morgan fingerprint density at radius 1 is 1.35 bits per heavy atom. The van der Waals surface area contributed by atoms with Crippen molar-refractivity contribution < 1.29 is 17.9 Å². The van der Waals surface area contributed by atoms with E-state index in [1.807, 2.05) is 0 Å². The van der Waals surface area contributed by atoms with Gasteiger partial charge in [0.2, 0.25) is 10.0 Å². The number of likely N-dealkylation sites (N-methyl/N-ethyl adjacent to an activating group) is 1. The molecule has 0 spiro atoms. The minimum atomic E-state index is -3.83. The van der Waals surface area contributed by atoms with Crippen molar-refractivity contribution in [2.45, 2.75) is 25.7 Å². The fourth-order valence-corrected chi connectivity index (χ4v) is 3.28. The SMILES string of the molecule is CCOC(=O)CN(C)S(=O)(=O)c1c(N)ccc(C)c1C. The zero-order valence-electron chi connectivity index (χ0n) is 12.1. The number of carbonyl (C=O) groups is 1. The maximum Gasteiger partial charge on any atom is 0.321 e. The molecule has 2 N–H and O–H groups in total. The first-order valence-electron chi connectivity index (χ1n) is 6.19. The minimum Gasteiger partial charge on any atom is -0.465 e. The van der Waals surface area contributed by atoms with E-state index in [4.69, 9.17) is 10.5 Å². The molecule has 0 aliphatic rings. The molecule has 0 fully saturated rings. The summed E-state index contributed by atoms with van der Waals surface area (Å²) in [6, 6.07) is 3.31. The smallest absolute Gasteiger partial charge is 0.321 e. The second-order valence-corrected chi connectivity index (χ2v) is 6.47. The second-order valence-electron chi connectivity index (χ2n) is 4.49.